The molecule has 23 heavy (non-hydrogen) atoms. The van der Waals surface area contributed by atoms with Crippen molar-refractivity contribution in [3.8, 4) is 0 Å². The zero-order valence-electron chi connectivity index (χ0n) is 12.4. The number of nitrogens with two attached hydrogens (primary N) is 2. The van der Waals surface area contributed by atoms with Crippen molar-refractivity contribution < 1.29 is 40.4 Å². The Morgan fingerprint density at radius 3 is 1.43 bits per heavy atom. The molecule has 6 nitrogen and oxygen atoms in total. The van der Waals surface area contributed by atoms with Gasteiger partial charge in [-0.2, -0.15) is 0 Å². The van der Waals surface area contributed by atoms with Crippen molar-refractivity contribution in [2.24, 2.45) is 11.5 Å². The molecule has 7 heteroatoms. The van der Waals surface area contributed by atoms with E-state index in [4.69, 9.17) is 16.8 Å². The summed E-state index contributed by atoms with van der Waals surface area (Å²) in [6.45, 7) is 0. The first-order chi connectivity index (χ1) is 11.1. The van der Waals surface area contributed by atoms with Gasteiger partial charge in [0.05, 0.1) is 0 Å². The monoisotopic (exact) mass is 502 g/mol. The zero-order chi connectivity index (χ0) is 16.7. The quantitative estimate of drug-likeness (QED) is 0.581. The second kappa shape index (κ2) is 8.76. The molecule has 2 aromatic carbocycles. The molecule has 2 aromatic rings. The van der Waals surface area contributed by atoms with E-state index in [1.54, 1.807) is 48.5 Å². The summed E-state index contributed by atoms with van der Waals surface area (Å²) in [5.74, 6) is -1.17. The van der Waals surface area contributed by atoms with E-state index in [2.05, 4.69) is 0 Å². The molecule has 0 aliphatic rings. The van der Waals surface area contributed by atoms with E-state index in [1.165, 1.54) is 0 Å². The SMILES string of the molecule is NC(C(=O)[O][Hg][O]C(=O)C(N)c1ccccc1)c1ccccc1. The molecule has 0 fully saturated rings. The van der Waals surface area contributed by atoms with Gasteiger partial charge in [0.25, 0.3) is 0 Å². The zero-order valence-corrected chi connectivity index (χ0v) is 17.9. The third-order valence-electron chi connectivity index (χ3n) is 3.23. The molecule has 4 N–H and O–H groups in total. The fourth-order valence-corrected chi connectivity index (χ4v) is 4.45. The predicted octanol–water partition coefficient (Wildman–Crippen LogP) is 1.39. The number of benzene rings is 2. The van der Waals surface area contributed by atoms with Crippen LogP contribution >= 0.6 is 0 Å². The van der Waals surface area contributed by atoms with E-state index in [-0.39, 0.29) is 0 Å². The first-order valence-corrected chi connectivity index (χ1v) is 11.5. The van der Waals surface area contributed by atoms with Crippen LogP contribution in [0.2, 0.25) is 0 Å². The van der Waals surface area contributed by atoms with Crippen molar-refractivity contribution in [3.63, 3.8) is 0 Å². The maximum absolute atomic E-state index is 11.9. The standard InChI is InChI=1S/2C8H9NO2.Hg/c2*9-7(8(10)11)6-4-2-1-3-5-6;/h2*1-5,7H,9H2,(H,10,11);/q;;+2/p-2. The number of hydrogen-bond donors (Lipinski definition) is 2. The minimum atomic E-state index is -2.62. The van der Waals surface area contributed by atoms with Gasteiger partial charge < -0.3 is 0 Å². The van der Waals surface area contributed by atoms with Crippen LogP contribution in [0.25, 0.3) is 0 Å². The molecule has 0 amide bonds. The molecular formula is C16H16HgN2O4. The van der Waals surface area contributed by atoms with Crippen molar-refractivity contribution in [1.82, 2.24) is 0 Å². The maximum atomic E-state index is 11.9. The second-order valence-corrected chi connectivity index (χ2v) is 7.98. The molecule has 0 saturated carbocycles. The van der Waals surface area contributed by atoms with Crippen LogP contribution in [-0.2, 0) is 40.4 Å². The number of rotatable bonds is 6. The van der Waals surface area contributed by atoms with Crippen LogP contribution in [0.3, 0.4) is 0 Å². The van der Waals surface area contributed by atoms with Crippen molar-refractivity contribution in [1.29, 1.82) is 0 Å². The molecule has 2 rings (SSSR count). The molecule has 0 saturated heterocycles. The van der Waals surface area contributed by atoms with Crippen LogP contribution in [0, 0.1) is 0 Å². The van der Waals surface area contributed by atoms with Crippen LogP contribution in [0.15, 0.2) is 60.7 Å². The van der Waals surface area contributed by atoms with Crippen molar-refractivity contribution >= 4 is 11.9 Å². The fourth-order valence-electron chi connectivity index (χ4n) is 1.92. The van der Waals surface area contributed by atoms with Crippen molar-refractivity contribution in [2.75, 3.05) is 0 Å². The summed E-state index contributed by atoms with van der Waals surface area (Å²) >= 11 is -2.62. The summed E-state index contributed by atoms with van der Waals surface area (Å²) in [5.41, 5.74) is 12.9. The predicted molar refractivity (Wildman–Crippen MR) is 78.9 cm³/mol. The topological polar surface area (TPSA) is 105 Å². The van der Waals surface area contributed by atoms with E-state index >= 15 is 0 Å². The molecule has 0 radical (unpaired) electrons. The Balaban J connectivity index is 1.80. The van der Waals surface area contributed by atoms with Crippen LogP contribution < -0.4 is 11.5 Å². The fraction of sp³-hybridized carbons (Fsp3) is 0.125. The van der Waals surface area contributed by atoms with E-state index in [1.807, 2.05) is 12.1 Å². The first-order valence-electron chi connectivity index (χ1n) is 7.04. The molecule has 0 aromatic heterocycles. The van der Waals surface area contributed by atoms with E-state index < -0.39 is 49.5 Å². The normalized spacial score (nSPS) is 12.6. The van der Waals surface area contributed by atoms with Gasteiger partial charge in [0.2, 0.25) is 0 Å². The Hall–Kier alpha value is -1.76. The molecule has 2 atom stereocenters. The van der Waals surface area contributed by atoms with Gasteiger partial charge in [0.15, 0.2) is 0 Å². The van der Waals surface area contributed by atoms with Gasteiger partial charge in [-0.05, 0) is 0 Å². The van der Waals surface area contributed by atoms with Gasteiger partial charge >= 0.3 is 148 Å². The Morgan fingerprint density at radius 1 is 0.739 bits per heavy atom. The first kappa shape index (κ1) is 17.6. The molecular weight excluding hydrogens is 485 g/mol. The van der Waals surface area contributed by atoms with Crippen molar-refractivity contribution in [3.05, 3.63) is 71.8 Å². The van der Waals surface area contributed by atoms with Gasteiger partial charge in [-0.15, -0.1) is 0 Å². The van der Waals surface area contributed by atoms with Crippen LogP contribution in [-0.4, -0.2) is 11.9 Å². The second-order valence-electron chi connectivity index (χ2n) is 4.82. The third kappa shape index (κ3) is 5.12. The van der Waals surface area contributed by atoms with Gasteiger partial charge in [-0.3, -0.25) is 0 Å². The molecule has 0 aliphatic carbocycles. The summed E-state index contributed by atoms with van der Waals surface area (Å²) in [7, 11) is 0. The molecule has 116 valence electrons. The summed E-state index contributed by atoms with van der Waals surface area (Å²) in [6, 6.07) is 16.0. The summed E-state index contributed by atoms with van der Waals surface area (Å²) < 4.78 is 10.1. The van der Waals surface area contributed by atoms with E-state index in [0.717, 1.165) is 0 Å². The van der Waals surface area contributed by atoms with E-state index in [0.29, 0.717) is 11.1 Å². The average Bonchev–Trinajstić information content (AvgIpc) is 2.61. The summed E-state index contributed by atoms with van der Waals surface area (Å²) in [4.78, 5) is 23.7. The Labute approximate surface area is 147 Å². The summed E-state index contributed by atoms with van der Waals surface area (Å²) in [5, 5.41) is 0. The Kier molecular flexibility index (Phi) is 6.70. The van der Waals surface area contributed by atoms with Crippen LogP contribution in [0.5, 0.6) is 0 Å². The molecule has 0 heterocycles. The van der Waals surface area contributed by atoms with Crippen LogP contribution in [0.4, 0.5) is 0 Å². The number of carbonyl (C=O) groups is 2. The minimum absolute atomic E-state index is 0.584. The average molecular weight is 501 g/mol. The summed E-state index contributed by atoms with van der Waals surface area (Å²) in [6.07, 6.45) is 0. The number of hydrogen-bond acceptors (Lipinski definition) is 6. The third-order valence-corrected chi connectivity index (χ3v) is 6.36. The Morgan fingerprint density at radius 2 is 1.09 bits per heavy atom. The molecule has 0 spiro atoms. The van der Waals surface area contributed by atoms with Gasteiger partial charge in [-0.25, -0.2) is 0 Å². The molecule has 0 bridgehead atoms. The molecule has 0 aliphatic heterocycles. The van der Waals surface area contributed by atoms with Gasteiger partial charge in [0.1, 0.15) is 0 Å². The van der Waals surface area contributed by atoms with Gasteiger partial charge in [0, 0.05) is 0 Å². The Bertz CT molecular complexity index is 594. The van der Waals surface area contributed by atoms with Gasteiger partial charge in [-0.1, -0.05) is 0 Å². The van der Waals surface area contributed by atoms with Crippen molar-refractivity contribution in [2.45, 2.75) is 12.1 Å². The van der Waals surface area contributed by atoms with Crippen LogP contribution in [0.1, 0.15) is 23.2 Å². The van der Waals surface area contributed by atoms with E-state index in [9.17, 15) is 9.59 Å². The number of carbonyl (C=O) groups excluding carboxylic acids is 2. The molecule has 2 unspecified atom stereocenters.